The van der Waals surface area contributed by atoms with Crippen LogP contribution in [0.2, 0.25) is 0 Å². The van der Waals surface area contributed by atoms with Crippen molar-refractivity contribution in [3.63, 3.8) is 0 Å². The van der Waals surface area contributed by atoms with Crippen LogP contribution < -0.4 is 42.5 Å². The normalized spacial score (nSPS) is 7.11. The predicted molar refractivity (Wildman–Crippen MR) is 449 cm³/mol. The Morgan fingerprint density at radius 2 is 0.406 bits per heavy atom. The second-order valence-corrected chi connectivity index (χ2v) is 17.7. The van der Waals surface area contributed by atoms with Crippen LogP contribution in [0.5, 0.6) is 0 Å². The number of methoxy groups -OCH3 is 1. The van der Waals surface area contributed by atoms with E-state index >= 15 is 0 Å². The Bertz CT molecular complexity index is 1720. The monoisotopic (exact) mass is 1540 g/mol. The summed E-state index contributed by atoms with van der Waals surface area (Å²) in [7, 11) is 21.3. The number of ketones is 8. The fourth-order valence-corrected chi connectivity index (χ4v) is 0.441. The molecule has 0 bridgehead atoms. The van der Waals surface area contributed by atoms with Crippen molar-refractivity contribution in [1.82, 2.24) is 42.5 Å². The summed E-state index contributed by atoms with van der Waals surface area (Å²) in [5.74, 6) is 1.54. The summed E-state index contributed by atoms with van der Waals surface area (Å²) in [6, 6.07) is 0. The maximum atomic E-state index is 10.1. The Morgan fingerprint density at radius 3 is 0.406 bits per heavy atom. The van der Waals surface area contributed by atoms with Gasteiger partial charge in [0.25, 0.3) is 6.47 Å². The van der Waals surface area contributed by atoms with E-state index in [0.717, 1.165) is 6.29 Å². The van der Waals surface area contributed by atoms with Crippen molar-refractivity contribution in [3.8, 4) is 0 Å². The van der Waals surface area contributed by atoms with Crippen molar-refractivity contribution in [3.05, 3.63) is 0 Å². The third-order valence-electron chi connectivity index (χ3n) is 4.96. The highest BCUT2D eigenvalue weighted by molar-refractivity contribution is 5.94. The van der Waals surface area contributed by atoms with Crippen LogP contribution in [0.1, 0.15) is 249 Å². The molecule has 0 aromatic rings. The van der Waals surface area contributed by atoms with E-state index in [1.165, 1.54) is 166 Å². The molecule has 106 heavy (non-hydrogen) atoms. The van der Waals surface area contributed by atoms with E-state index in [2.05, 4.69) is 72.2 Å². The zero-order valence-electron chi connectivity index (χ0n) is 74.4. The number of aldehydes is 1. The minimum Gasteiger partial charge on any atom is -0.471 e. The summed E-state index contributed by atoms with van der Waals surface area (Å²) < 4.78 is 3.86. The van der Waals surface area contributed by atoms with Crippen LogP contribution in [0.3, 0.4) is 0 Å². The summed E-state index contributed by atoms with van der Waals surface area (Å²) in [4.78, 5) is 190. The predicted octanol–water partition coefficient (Wildman–Crippen LogP) is 9.12. The number of nitrogens with one attached hydrogen (secondary N) is 9. The quantitative estimate of drug-likeness (QED) is 0.0722. The zero-order chi connectivity index (χ0) is 91.1. The molecule has 0 saturated carbocycles. The molecule has 0 saturated heterocycles. The molecular weight excluding hydrogens is 1380 g/mol. The van der Waals surface area contributed by atoms with Gasteiger partial charge in [0.15, 0.2) is 0 Å². The fourth-order valence-electron chi connectivity index (χ4n) is 0.441. The van der Waals surface area contributed by atoms with Crippen LogP contribution in [0.25, 0.3) is 0 Å². The van der Waals surface area contributed by atoms with Gasteiger partial charge >= 0.3 is 0 Å². The maximum Gasteiger partial charge on any atom is 0.292 e. The Hall–Kier alpha value is -9.72. The van der Waals surface area contributed by atoms with Gasteiger partial charge in [-0.05, 0) is 183 Å². The number of amidine groups is 1. The first-order valence-corrected chi connectivity index (χ1v) is 32.0. The molecule has 0 heterocycles. The first kappa shape index (κ1) is 172. The van der Waals surface area contributed by atoms with Crippen molar-refractivity contribution < 1.29 is 91.0 Å². The Balaban J connectivity index is -0.0000000281. The van der Waals surface area contributed by atoms with Gasteiger partial charge in [0.1, 0.15) is 52.6 Å². The Kier molecular flexibility index (Phi) is 333. The lowest BCUT2D eigenvalue weighted by Gasteiger charge is -1.92. The number of hydrogen-bond acceptors (Lipinski definition) is 25. The van der Waals surface area contributed by atoms with Crippen molar-refractivity contribution in [2.24, 2.45) is 25.0 Å². The van der Waals surface area contributed by atoms with Gasteiger partial charge in [0, 0.05) is 146 Å². The van der Waals surface area contributed by atoms with Crippen LogP contribution in [-0.2, 0) is 91.0 Å². The highest BCUT2D eigenvalue weighted by atomic mass is 16.5. The molecule has 0 aromatic heterocycles. The molecule has 638 valence electrons. The van der Waals surface area contributed by atoms with Crippen molar-refractivity contribution in [2.75, 3.05) is 91.7 Å². The molecule has 33 nitrogen and oxygen atoms in total. The van der Waals surface area contributed by atoms with Crippen LogP contribution in [0.4, 0.5) is 0 Å². The molecule has 0 aliphatic heterocycles. The van der Waals surface area contributed by atoms with Gasteiger partial charge in [0.05, 0.1) is 12.9 Å². The standard InChI is InChI=1S/C4H8N2O.C4H9NO.C4H8O.6C3H7NO.5C3H7N.7C3H6O.C2H4O2.C2H4O.C2H6.CH4/c1-3(5)6-4(2)7;1-3-4(6)5-2;1-3-4(2)5;6*1-3(5)4-2;5*1-3-4-2;7*1-3(2)4;1-4-2-3;1-2-3;1-2;/h1-2H3,(H2,5,6,7);3H2,1-2H3,(H,5,6);3H2,1-2H3;6*1-2H3,(H,4,5);5*3H,1-2H3;7*1-2H3;2H,1H3;2H,1H3;1-2H3;1H4. The molecule has 0 rings (SSSR count). The first-order chi connectivity index (χ1) is 47.8. The molecule has 0 radical (unpaired) electrons. The number of Topliss-reactive ketones (excluding diaryl/α,β-unsaturated/α-hetero) is 8. The van der Waals surface area contributed by atoms with E-state index in [4.69, 9.17) is 15.0 Å². The summed E-state index contributed by atoms with van der Waals surface area (Å²) in [5, 5.41) is 25.8. The smallest absolute Gasteiger partial charge is 0.292 e. The average molecular weight is 1540 g/mol. The highest BCUT2D eigenvalue weighted by Crippen LogP contribution is 1.71. The van der Waals surface area contributed by atoms with Gasteiger partial charge in [-0.3, -0.25) is 48.6 Å². The van der Waals surface area contributed by atoms with E-state index in [9.17, 15) is 76.7 Å². The zero-order valence-corrected chi connectivity index (χ0v) is 74.4. The maximum absolute atomic E-state index is 10.1. The second-order valence-electron chi connectivity index (χ2n) is 17.7. The van der Waals surface area contributed by atoms with Gasteiger partial charge in [-0.2, -0.15) is 0 Å². The van der Waals surface area contributed by atoms with Crippen LogP contribution >= 0.6 is 0 Å². The average Bonchev–Trinajstić information content (AvgIpc) is 1.60. The van der Waals surface area contributed by atoms with Crippen molar-refractivity contribution in [1.29, 1.82) is 5.41 Å². The summed E-state index contributed by atoms with van der Waals surface area (Å²) in [6.45, 7) is 53.6. The molecule has 8 amide bonds. The lowest BCUT2D eigenvalue weighted by molar-refractivity contribution is -0.126. The summed E-state index contributed by atoms with van der Waals surface area (Å²) >= 11 is 0. The summed E-state index contributed by atoms with van der Waals surface area (Å²) in [6.07, 6.45) is 10.7. The number of hydrogen-bond donors (Lipinski definition) is 9. The SMILES string of the molecule is C.CC.CC(=N)NC(C)=O.CC(C)=O.CC(C)=O.CC(C)=O.CC(C)=O.CC(C)=O.CC(C)=O.CC(C)=O.CC=NC.CC=NC.CC=NC.CC=NC.CC=NC.CC=O.CCC(=O)NC.CCC(C)=O.CNC(C)=O.CNC(C)=O.CNC(C)=O.CNC(C)=O.CNC(C)=O.CNC(C)=O.COC=O. The molecule has 0 spiro atoms. The molecule has 0 aliphatic rings. The van der Waals surface area contributed by atoms with Gasteiger partial charge in [-0.1, -0.05) is 35.1 Å². The van der Waals surface area contributed by atoms with Gasteiger partial charge in [-0.15, -0.1) is 0 Å². The molecule has 33 heteroatoms. The third-order valence-corrected chi connectivity index (χ3v) is 4.96. The molecular formula is C73H162N14O19. The number of amides is 8. The molecule has 0 unspecified atom stereocenters. The molecule has 0 fully saturated rings. The minimum absolute atomic E-state index is 0. The molecule has 0 aliphatic carbocycles. The van der Waals surface area contributed by atoms with Gasteiger partial charge < -0.3 is 115 Å². The largest absolute Gasteiger partial charge is 0.471 e. The number of carbonyl (C=O) groups is 18. The third kappa shape index (κ3) is 2450. The Morgan fingerprint density at radius 1 is 0.311 bits per heavy atom. The van der Waals surface area contributed by atoms with Crippen LogP contribution in [0.15, 0.2) is 25.0 Å². The highest BCUT2D eigenvalue weighted by Gasteiger charge is 1.87. The van der Waals surface area contributed by atoms with E-state index in [-0.39, 0.29) is 107 Å². The molecule has 9 N–H and O–H groups in total. The number of aliphatic imine (C=N–C) groups is 5. The molecule has 0 atom stereocenters. The number of ether oxygens (including phenoxy) is 1. The van der Waals surface area contributed by atoms with E-state index in [1.807, 2.05) is 62.3 Å². The fraction of sp³-hybridized carbons (Fsp3) is 0.671. The minimum atomic E-state index is -0.187. The topological polar surface area (TPSA) is 498 Å². The van der Waals surface area contributed by atoms with Gasteiger partial charge in [-0.25, -0.2) is 0 Å². The van der Waals surface area contributed by atoms with E-state index < -0.39 is 0 Å². The van der Waals surface area contributed by atoms with Crippen molar-refractivity contribution >= 4 is 143 Å². The number of rotatable bonds is 3. The molecule has 0 aromatic carbocycles. The first-order valence-electron chi connectivity index (χ1n) is 32.0. The van der Waals surface area contributed by atoms with E-state index in [1.54, 1.807) is 123 Å². The van der Waals surface area contributed by atoms with Crippen LogP contribution in [0, 0.1) is 5.41 Å². The lowest BCUT2D eigenvalue weighted by atomic mass is 10.4. The van der Waals surface area contributed by atoms with Gasteiger partial charge in [0.2, 0.25) is 47.3 Å². The second kappa shape index (κ2) is 205. The number of nitrogens with zero attached hydrogens (tertiary/aromatic N) is 5. The lowest BCUT2D eigenvalue weighted by Crippen LogP contribution is -2.24. The number of carbonyl (C=O) groups excluding carboxylic acids is 18. The Labute approximate surface area is 645 Å². The van der Waals surface area contributed by atoms with Crippen LogP contribution in [-0.4, -0.2) is 235 Å². The van der Waals surface area contributed by atoms with E-state index in [0.29, 0.717) is 19.3 Å². The van der Waals surface area contributed by atoms with Crippen molar-refractivity contribution in [2.45, 2.75) is 249 Å². The summed E-state index contributed by atoms with van der Waals surface area (Å²) in [5.41, 5.74) is 0.